The molecule has 0 amide bonds. The molecular formula is C18H20N4O3S. The van der Waals surface area contributed by atoms with Gasteiger partial charge in [-0.1, -0.05) is 12.1 Å². The van der Waals surface area contributed by atoms with E-state index < -0.39 is 15.3 Å². The Hall–Kier alpha value is -2.87. The highest BCUT2D eigenvalue weighted by atomic mass is 32.2. The first-order valence-corrected chi connectivity index (χ1v) is 9.68. The highest BCUT2D eigenvalue weighted by Crippen LogP contribution is 2.19. The van der Waals surface area contributed by atoms with Crippen LogP contribution in [0.25, 0.3) is 11.4 Å². The van der Waals surface area contributed by atoms with Gasteiger partial charge in [-0.05, 0) is 49.7 Å². The zero-order valence-corrected chi connectivity index (χ0v) is 15.3. The quantitative estimate of drug-likeness (QED) is 0.664. The number of nitrogens with one attached hydrogen (secondary N) is 2. The van der Waals surface area contributed by atoms with E-state index in [1.54, 1.807) is 44.4 Å². The van der Waals surface area contributed by atoms with Crippen molar-refractivity contribution in [3.8, 4) is 17.1 Å². The van der Waals surface area contributed by atoms with Gasteiger partial charge in [0, 0.05) is 11.9 Å². The average Bonchev–Trinajstić information content (AvgIpc) is 3.15. The first-order valence-electron chi connectivity index (χ1n) is 8.13. The summed E-state index contributed by atoms with van der Waals surface area (Å²) in [5.41, 5.74) is 2.99. The van der Waals surface area contributed by atoms with Crippen LogP contribution in [0.15, 0.2) is 54.9 Å². The van der Waals surface area contributed by atoms with Gasteiger partial charge in [0.1, 0.15) is 12.4 Å². The molecule has 0 aliphatic rings. The zero-order chi connectivity index (χ0) is 18.6. The number of sulfonamides is 1. The van der Waals surface area contributed by atoms with Gasteiger partial charge in [0.2, 0.25) is 10.0 Å². The molecule has 3 aromatic rings. The van der Waals surface area contributed by atoms with Gasteiger partial charge >= 0.3 is 0 Å². The SMILES string of the molecule is CC(C)S(=O)(=O)Nc1cccc(COc2ccc(-c3ccn[nH]3)nc2)c1. The maximum atomic E-state index is 12.0. The number of benzene rings is 1. The van der Waals surface area contributed by atoms with Crippen LogP contribution in [0.5, 0.6) is 5.75 Å². The van der Waals surface area contributed by atoms with Crippen molar-refractivity contribution in [1.29, 1.82) is 0 Å². The van der Waals surface area contributed by atoms with Gasteiger partial charge in [-0.2, -0.15) is 5.10 Å². The van der Waals surface area contributed by atoms with Gasteiger partial charge in [-0.25, -0.2) is 8.42 Å². The number of H-pyrrole nitrogens is 1. The van der Waals surface area contributed by atoms with Crippen molar-refractivity contribution in [3.05, 3.63) is 60.4 Å². The predicted molar refractivity (Wildman–Crippen MR) is 100 cm³/mol. The van der Waals surface area contributed by atoms with Crippen molar-refractivity contribution < 1.29 is 13.2 Å². The number of nitrogens with zero attached hydrogens (tertiary/aromatic N) is 2. The van der Waals surface area contributed by atoms with Crippen LogP contribution in [0.2, 0.25) is 0 Å². The van der Waals surface area contributed by atoms with Crippen LogP contribution in [-0.4, -0.2) is 28.8 Å². The maximum Gasteiger partial charge on any atom is 0.235 e. The fourth-order valence-electron chi connectivity index (χ4n) is 2.20. The van der Waals surface area contributed by atoms with E-state index in [4.69, 9.17) is 4.74 Å². The fourth-order valence-corrected chi connectivity index (χ4v) is 2.89. The van der Waals surface area contributed by atoms with Crippen LogP contribution in [0.1, 0.15) is 19.4 Å². The Balaban J connectivity index is 1.64. The fraction of sp³-hybridized carbons (Fsp3) is 0.222. The third-order valence-corrected chi connectivity index (χ3v) is 5.49. The molecule has 8 heteroatoms. The minimum atomic E-state index is -3.37. The second-order valence-corrected chi connectivity index (χ2v) is 8.27. The van der Waals surface area contributed by atoms with Gasteiger partial charge in [-0.15, -0.1) is 0 Å². The molecule has 0 saturated heterocycles. The van der Waals surface area contributed by atoms with Gasteiger partial charge in [0.05, 0.1) is 22.8 Å². The highest BCUT2D eigenvalue weighted by molar-refractivity contribution is 7.93. The minimum Gasteiger partial charge on any atom is -0.487 e. The second-order valence-electron chi connectivity index (χ2n) is 6.03. The third kappa shape index (κ3) is 4.40. The van der Waals surface area contributed by atoms with E-state index in [-0.39, 0.29) is 0 Å². The maximum absolute atomic E-state index is 12.0. The van der Waals surface area contributed by atoms with Crippen molar-refractivity contribution in [3.63, 3.8) is 0 Å². The average molecular weight is 372 g/mol. The topological polar surface area (TPSA) is 97.0 Å². The molecule has 2 aromatic heterocycles. The molecule has 2 N–H and O–H groups in total. The van der Waals surface area contributed by atoms with Crippen LogP contribution in [0.3, 0.4) is 0 Å². The predicted octanol–water partition coefficient (Wildman–Crippen LogP) is 3.20. The Morgan fingerprint density at radius 1 is 1.19 bits per heavy atom. The minimum absolute atomic E-state index is 0.308. The third-order valence-electron chi connectivity index (χ3n) is 3.73. The Labute approximate surface area is 152 Å². The molecule has 0 unspecified atom stereocenters. The molecule has 7 nitrogen and oxygen atoms in total. The number of aromatic nitrogens is 3. The summed E-state index contributed by atoms with van der Waals surface area (Å²) >= 11 is 0. The van der Waals surface area contributed by atoms with E-state index in [1.165, 1.54) is 0 Å². The zero-order valence-electron chi connectivity index (χ0n) is 14.5. The molecule has 0 aliphatic carbocycles. The summed E-state index contributed by atoms with van der Waals surface area (Å²) in [6.07, 6.45) is 3.31. The van der Waals surface area contributed by atoms with Crippen LogP contribution in [0, 0.1) is 0 Å². The summed E-state index contributed by atoms with van der Waals surface area (Å²) < 4.78 is 32.2. The lowest BCUT2D eigenvalue weighted by molar-refractivity contribution is 0.305. The van der Waals surface area contributed by atoms with Gasteiger partial charge in [-0.3, -0.25) is 14.8 Å². The Kier molecular flexibility index (Phi) is 5.22. The largest absolute Gasteiger partial charge is 0.487 e. The van der Waals surface area contributed by atoms with E-state index in [0.717, 1.165) is 17.0 Å². The lowest BCUT2D eigenvalue weighted by Crippen LogP contribution is -2.22. The number of hydrogen-bond donors (Lipinski definition) is 2. The first kappa shape index (κ1) is 17.9. The monoisotopic (exact) mass is 372 g/mol. The van der Waals surface area contributed by atoms with E-state index >= 15 is 0 Å². The van der Waals surface area contributed by atoms with Gasteiger partial charge in [0.25, 0.3) is 0 Å². The molecule has 0 bridgehead atoms. The summed E-state index contributed by atoms with van der Waals surface area (Å²) in [4.78, 5) is 4.33. The van der Waals surface area contributed by atoms with E-state index in [2.05, 4.69) is 19.9 Å². The summed E-state index contributed by atoms with van der Waals surface area (Å²) in [5.74, 6) is 0.626. The van der Waals surface area contributed by atoms with Crippen LogP contribution in [-0.2, 0) is 16.6 Å². The molecular weight excluding hydrogens is 352 g/mol. The molecule has 1 aromatic carbocycles. The summed E-state index contributed by atoms with van der Waals surface area (Å²) in [6, 6.07) is 12.6. The van der Waals surface area contributed by atoms with Crippen molar-refractivity contribution >= 4 is 15.7 Å². The number of rotatable bonds is 7. The van der Waals surface area contributed by atoms with Crippen LogP contribution >= 0.6 is 0 Å². The second kappa shape index (κ2) is 7.57. The lowest BCUT2D eigenvalue weighted by Gasteiger charge is -2.12. The number of pyridine rings is 1. The number of aromatic amines is 1. The van der Waals surface area contributed by atoms with E-state index in [1.807, 2.05) is 24.3 Å². The first-order chi connectivity index (χ1) is 12.4. The van der Waals surface area contributed by atoms with E-state index in [9.17, 15) is 8.42 Å². The Bertz CT molecular complexity index is 952. The molecule has 0 aliphatic heterocycles. The standard InChI is InChI=1S/C18H20N4O3S/c1-13(2)26(23,24)22-15-5-3-4-14(10-15)12-25-16-6-7-17(19-11-16)18-8-9-20-21-18/h3-11,13,22H,12H2,1-2H3,(H,20,21). The molecule has 0 atom stereocenters. The molecule has 0 fully saturated rings. The number of ether oxygens (including phenoxy) is 1. The lowest BCUT2D eigenvalue weighted by atomic mass is 10.2. The highest BCUT2D eigenvalue weighted by Gasteiger charge is 2.15. The molecule has 0 radical (unpaired) electrons. The molecule has 3 rings (SSSR count). The van der Waals surface area contributed by atoms with Crippen molar-refractivity contribution in [2.75, 3.05) is 4.72 Å². The molecule has 2 heterocycles. The Morgan fingerprint density at radius 2 is 2.04 bits per heavy atom. The van der Waals surface area contributed by atoms with Gasteiger partial charge < -0.3 is 4.74 Å². The number of hydrogen-bond acceptors (Lipinski definition) is 5. The molecule has 136 valence electrons. The summed E-state index contributed by atoms with van der Waals surface area (Å²) in [7, 11) is -3.37. The van der Waals surface area contributed by atoms with E-state index in [0.29, 0.717) is 18.0 Å². The van der Waals surface area contributed by atoms with Crippen molar-refractivity contribution in [1.82, 2.24) is 15.2 Å². The van der Waals surface area contributed by atoms with Crippen LogP contribution in [0.4, 0.5) is 5.69 Å². The summed E-state index contributed by atoms with van der Waals surface area (Å²) in [6.45, 7) is 3.58. The molecule has 26 heavy (non-hydrogen) atoms. The molecule has 0 spiro atoms. The van der Waals surface area contributed by atoms with Crippen molar-refractivity contribution in [2.45, 2.75) is 25.7 Å². The normalized spacial score (nSPS) is 11.5. The molecule has 0 saturated carbocycles. The van der Waals surface area contributed by atoms with Crippen molar-refractivity contribution in [2.24, 2.45) is 0 Å². The van der Waals surface area contributed by atoms with Gasteiger partial charge in [0.15, 0.2) is 0 Å². The number of anilines is 1. The summed E-state index contributed by atoms with van der Waals surface area (Å²) in [5, 5.41) is 6.25. The Morgan fingerprint density at radius 3 is 2.69 bits per heavy atom. The smallest absolute Gasteiger partial charge is 0.235 e. The van der Waals surface area contributed by atoms with Crippen LogP contribution < -0.4 is 9.46 Å².